The number of fused-ring (bicyclic) bond motifs is 1. The summed E-state index contributed by atoms with van der Waals surface area (Å²) in [5.74, 6) is 0.779. The molecule has 0 bridgehead atoms. The molecule has 1 aromatic heterocycles. The van der Waals surface area contributed by atoms with Crippen LogP contribution in [0.5, 0.6) is 0 Å². The lowest BCUT2D eigenvalue weighted by Crippen LogP contribution is -2.31. The first-order valence-corrected chi connectivity index (χ1v) is 10.9. The van der Waals surface area contributed by atoms with Crippen molar-refractivity contribution in [2.75, 3.05) is 18.5 Å². The highest BCUT2D eigenvalue weighted by Gasteiger charge is 2.21. The summed E-state index contributed by atoms with van der Waals surface area (Å²) in [6, 6.07) is 6.80. The predicted octanol–water partition coefficient (Wildman–Crippen LogP) is 6.47. The molecule has 0 radical (unpaired) electrons. The van der Waals surface area contributed by atoms with E-state index >= 15 is 0 Å². The van der Waals surface area contributed by atoms with Gasteiger partial charge < -0.3 is 4.90 Å². The maximum atomic E-state index is 4.26. The Bertz CT molecular complexity index is 668. The lowest BCUT2D eigenvalue weighted by molar-refractivity contribution is 0.489. The van der Waals surface area contributed by atoms with Crippen LogP contribution in [-0.2, 0) is 13.5 Å². The van der Waals surface area contributed by atoms with Gasteiger partial charge in [0.1, 0.15) is 0 Å². The van der Waals surface area contributed by atoms with Crippen molar-refractivity contribution in [2.24, 2.45) is 13.0 Å². The summed E-state index contributed by atoms with van der Waals surface area (Å²) >= 11 is 0. The Morgan fingerprint density at radius 1 is 0.963 bits per heavy atom. The highest BCUT2D eigenvalue weighted by molar-refractivity contribution is 5.68. The lowest BCUT2D eigenvalue weighted by Gasteiger charge is -2.33. The summed E-state index contributed by atoms with van der Waals surface area (Å²) in [5.41, 5.74) is 5.34. The number of aromatic nitrogens is 2. The molecule has 0 saturated heterocycles. The van der Waals surface area contributed by atoms with Crippen LogP contribution in [0.3, 0.4) is 0 Å². The molecular weight excluding hydrogens is 330 g/mol. The number of unbranched alkanes of at least 4 members (excludes halogenated alkanes) is 5. The van der Waals surface area contributed by atoms with Crippen LogP contribution in [0.1, 0.15) is 71.3 Å². The topological polar surface area (TPSA) is 21.1 Å². The van der Waals surface area contributed by atoms with Crippen LogP contribution < -0.4 is 4.90 Å². The lowest BCUT2D eigenvalue weighted by atomic mass is 9.89. The molecule has 3 rings (SSSR count). The van der Waals surface area contributed by atoms with Gasteiger partial charge in [-0.05, 0) is 35.6 Å². The molecule has 0 aliphatic carbocycles. The molecule has 1 aliphatic heterocycles. The number of anilines is 1. The second-order valence-corrected chi connectivity index (χ2v) is 8.02. The molecule has 3 nitrogen and oxygen atoms in total. The summed E-state index contributed by atoms with van der Waals surface area (Å²) < 4.78 is 1.86. The summed E-state index contributed by atoms with van der Waals surface area (Å²) in [4.78, 5) is 2.39. The van der Waals surface area contributed by atoms with Gasteiger partial charge in [0.15, 0.2) is 0 Å². The maximum absolute atomic E-state index is 4.26. The molecule has 27 heavy (non-hydrogen) atoms. The maximum Gasteiger partial charge on any atom is 0.0568 e. The zero-order valence-electron chi connectivity index (χ0n) is 18.2. The molecule has 0 amide bonds. The second kappa shape index (κ2) is 11.2. The van der Waals surface area contributed by atoms with E-state index in [0.29, 0.717) is 0 Å². The summed E-state index contributed by atoms with van der Waals surface area (Å²) in [7, 11) is 4.16. The Balaban J connectivity index is 0.000000279. The molecule has 2 aromatic rings. The molecule has 1 atom stereocenters. The van der Waals surface area contributed by atoms with E-state index in [1.165, 1.54) is 80.3 Å². The predicted molar refractivity (Wildman–Crippen MR) is 118 cm³/mol. The fourth-order valence-corrected chi connectivity index (χ4v) is 3.86. The van der Waals surface area contributed by atoms with Crippen molar-refractivity contribution in [3.63, 3.8) is 0 Å². The Labute approximate surface area is 166 Å². The zero-order chi connectivity index (χ0) is 19.6. The van der Waals surface area contributed by atoms with Gasteiger partial charge in [-0.1, -0.05) is 71.8 Å². The van der Waals surface area contributed by atoms with Gasteiger partial charge in [0, 0.05) is 38.1 Å². The van der Waals surface area contributed by atoms with E-state index < -0.39 is 0 Å². The van der Waals surface area contributed by atoms with E-state index in [1.807, 2.05) is 17.9 Å². The third-order valence-corrected chi connectivity index (χ3v) is 5.60. The van der Waals surface area contributed by atoms with Crippen LogP contribution in [-0.4, -0.2) is 23.4 Å². The number of nitrogens with zero attached hydrogens (tertiary/aromatic N) is 3. The van der Waals surface area contributed by atoms with Crippen molar-refractivity contribution in [1.29, 1.82) is 0 Å². The third-order valence-electron chi connectivity index (χ3n) is 5.60. The van der Waals surface area contributed by atoms with Crippen molar-refractivity contribution >= 4 is 5.69 Å². The first-order valence-electron chi connectivity index (χ1n) is 10.9. The van der Waals surface area contributed by atoms with Crippen molar-refractivity contribution in [3.8, 4) is 11.1 Å². The third kappa shape index (κ3) is 6.41. The van der Waals surface area contributed by atoms with E-state index in [1.54, 1.807) is 0 Å². The van der Waals surface area contributed by atoms with Crippen molar-refractivity contribution in [2.45, 2.75) is 72.1 Å². The van der Waals surface area contributed by atoms with E-state index in [-0.39, 0.29) is 0 Å². The molecule has 1 aromatic carbocycles. The molecule has 2 heterocycles. The second-order valence-electron chi connectivity index (χ2n) is 8.02. The number of hydrogen-bond acceptors (Lipinski definition) is 2. The van der Waals surface area contributed by atoms with Crippen LogP contribution in [0.2, 0.25) is 0 Å². The monoisotopic (exact) mass is 369 g/mol. The van der Waals surface area contributed by atoms with Crippen molar-refractivity contribution < 1.29 is 0 Å². The quantitative estimate of drug-likeness (QED) is 0.521. The van der Waals surface area contributed by atoms with Gasteiger partial charge in [0.2, 0.25) is 0 Å². The fraction of sp³-hybridized carbons (Fsp3) is 0.625. The Morgan fingerprint density at radius 2 is 1.67 bits per heavy atom. The number of rotatable bonds is 7. The van der Waals surface area contributed by atoms with Gasteiger partial charge in [-0.15, -0.1) is 0 Å². The zero-order valence-corrected chi connectivity index (χ0v) is 18.2. The van der Waals surface area contributed by atoms with Gasteiger partial charge in [-0.3, -0.25) is 4.68 Å². The first-order chi connectivity index (χ1) is 13.1. The number of benzene rings is 1. The first kappa shape index (κ1) is 21.5. The highest BCUT2D eigenvalue weighted by atomic mass is 15.2. The van der Waals surface area contributed by atoms with E-state index in [9.17, 15) is 0 Å². The van der Waals surface area contributed by atoms with Crippen LogP contribution in [0.25, 0.3) is 11.1 Å². The van der Waals surface area contributed by atoms with E-state index in [0.717, 1.165) is 5.92 Å². The Kier molecular flexibility index (Phi) is 8.90. The molecule has 0 unspecified atom stereocenters. The van der Waals surface area contributed by atoms with E-state index in [2.05, 4.69) is 62.2 Å². The molecule has 0 N–H and O–H groups in total. The minimum absolute atomic E-state index is 0.779. The van der Waals surface area contributed by atoms with Crippen LogP contribution in [0, 0.1) is 5.92 Å². The van der Waals surface area contributed by atoms with Gasteiger partial charge in [-0.2, -0.15) is 5.10 Å². The van der Waals surface area contributed by atoms with Crippen molar-refractivity contribution in [1.82, 2.24) is 9.78 Å². The summed E-state index contributed by atoms with van der Waals surface area (Å²) in [6.45, 7) is 7.97. The molecule has 0 spiro atoms. The van der Waals surface area contributed by atoms with Crippen LogP contribution in [0.15, 0.2) is 30.6 Å². The minimum atomic E-state index is 0.779. The molecular formula is C24H39N3. The van der Waals surface area contributed by atoms with E-state index in [4.69, 9.17) is 0 Å². The average molecular weight is 370 g/mol. The average Bonchev–Trinajstić information content (AvgIpc) is 3.11. The Hall–Kier alpha value is -1.77. The smallest absolute Gasteiger partial charge is 0.0568 e. The molecule has 150 valence electrons. The molecule has 1 aliphatic rings. The van der Waals surface area contributed by atoms with Gasteiger partial charge >= 0.3 is 0 Å². The summed E-state index contributed by atoms with van der Waals surface area (Å²) in [6.07, 6.45) is 14.9. The van der Waals surface area contributed by atoms with Crippen LogP contribution >= 0.6 is 0 Å². The largest absolute Gasteiger partial charge is 0.374 e. The molecule has 0 saturated carbocycles. The number of aryl methyl sites for hydroxylation is 1. The minimum Gasteiger partial charge on any atom is -0.374 e. The van der Waals surface area contributed by atoms with Crippen LogP contribution in [0.4, 0.5) is 5.69 Å². The fourth-order valence-electron chi connectivity index (χ4n) is 3.86. The van der Waals surface area contributed by atoms with Gasteiger partial charge in [0.05, 0.1) is 6.20 Å². The Morgan fingerprint density at radius 3 is 2.22 bits per heavy atom. The standard InChI is InChI=1S/C16H21N3.C8H18/c1-4-12-7-14-8-13(15-9-17-19(3)11-15)5-6-16(14)18(2)10-12;1-3-5-7-8-6-4-2/h5-6,8-9,11-12H,4,7,10H2,1-3H3;3-8H2,1-2H3/t12-;/m1./s1. The highest BCUT2D eigenvalue weighted by Crippen LogP contribution is 2.33. The van der Waals surface area contributed by atoms with Gasteiger partial charge in [-0.25, -0.2) is 0 Å². The molecule has 0 fully saturated rings. The normalized spacial score (nSPS) is 15.9. The molecule has 3 heteroatoms. The summed E-state index contributed by atoms with van der Waals surface area (Å²) in [5, 5.41) is 4.26. The van der Waals surface area contributed by atoms with Gasteiger partial charge in [0.25, 0.3) is 0 Å². The van der Waals surface area contributed by atoms with Crippen molar-refractivity contribution in [3.05, 3.63) is 36.2 Å². The SMILES string of the molecule is CCCCCCCC.CC[C@@H]1Cc2cc(-c3cnn(C)c3)ccc2N(C)C1. The number of hydrogen-bond donors (Lipinski definition) is 0.